The highest BCUT2D eigenvalue weighted by atomic mass is 28.3. The lowest BCUT2D eigenvalue weighted by Crippen LogP contribution is -2.39. The maximum absolute atomic E-state index is 13.7. The highest BCUT2D eigenvalue weighted by Gasteiger charge is 2.20. The molecule has 0 N–H and O–H groups in total. The van der Waals surface area contributed by atoms with Crippen LogP contribution in [0.4, 0.5) is 4.39 Å². The molecule has 0 atom stereocenters. The highest BCUT2D eigenvalue weighted by molar-refractivity contribution is 6.88. The Kier molecular flexibility index (Phi) is 3.48. The number of hydrogen-bond acceptors (Lipinski definition) is 0. The van der Waals surface area contributed by atoms with Crippen LogP contribution in [-0.4, -0.2) is 8.07 Å². The van der Waals surface area contributed by atoms with Crippen molar-refractivity contribution in [2.75, 3.05) is 0 Å². The van der Waals surface area contributed by atoms with Crippen LogP contribution in [0.5, 0.6) is 0 Å². The molecule has 14 heavy (non-hydrogen) atoms. The van der Waals surface area contributed by atoms with Gasteiger partial charge in [0, 0.05) is 0 Å². The Labute approximate surface area is 87.2 Å². The topological polar surface area (TPSA) is 0 Å². The summed E-state index contributed by atoms with van der Waals surface area (Å²) in [6, 6.07) is 5.75. The molecule has 0 amide bonds. The van der Waals surface area contributed by atoms with Crippen molar-refractivity contribution in [1.82, 2.24) is 0 Å². The Morgan fingerprint density at radius 1 is 1.21 bits per heavy atom. The molecule has 0 fully saturated rings. The van der Waals surface area contributed by atoms with Crippen LogP contribution < -0.4 is 5.19 Å². The lowest BCUT2D eigenvalue weighted by molar-refractivity contribution is 0.632. The molecule has 0 spiro atoms. The summed E-state index contributed by atoms with van der Waals surface area (Å²) in [6.45, 7) is 8.63. The summed E-state index contributed by atoms with van der Waals surface area (Å²) in [5, 5.41) is 0.942. The summed E-state index contributed by atoms with van der Waals surface area (Å²) in [7, 11) is -1.50. The molecule has 0 aliphatic carbocycles. The second-order valence-corrected chi connectivity index (χ2v) is 9.85. The van der Waals surface area contributed by atoms with Crippen molar-refractivity contribution in [3.05, 3.63) is 29.6 Å². The van der Waals surface area contributed by atoms with Crippen LogP contribution in [0.25, 0.3) is 0 Å². The van der Waals surface area contributed by atoms with Gasteiger partial charge in [-0.2, -0.15) is 0 Å². The number of aryl methyl sites for hydroxylation is 1. The molecule has 78 valence electrons. The maximum atomic E-state index is 13.7. The molecule has 1 aromatic carbocycles. The minimum Gasteiger partial charge on any atom is -0.207 e. The molecule has 2 heteroatoms. The second kappa shape index (κ2) is 4.26. The predicted molar refractivity (Wildman–Crippen MR) is 63.4 cm³/mol. The van der Waals surface area contributed by atoms with E-state index in [0.717, 1.165) is 23.6 Å². The van der Waals surface area contributed by atoms with E-state index in [4.69, 9.17) is 0 Å². The van der Waals surface area contributed by atoms with Gasteiger partial charge in [0.15, 0.2) is 0 Å². The summed E-state index contributed by atoms with van der Waals surface area (Å²) in [4.78, 5) is 0. The number of benzene rings is 1. The summed E-state index contributed by atoms with van der Waals surface area (Å²) >= 11 is 0. The summed E-state index contributed by atoms with van der Waals surface area (Å²) in [5.41, 5.74) is 1.12. The maximum Gasteiger partial charge on any atom is 0.122 e. The van der Waals surface area contributed by atoms with Crippen molar-refractivity contribution >= 4 is 13.3 Å². The van der Waals surface area contributed by atoms with Crippen molar-refractivity contribution in [2.24, 2.45) is 0 Å². The van der Waals surface area contributed by atoms with Crippen LogP contribution in [0, 0.1) is 5.82 Å². The van der Waals surface area contributed by atoms with E-state index in [1.807, 2.05) is 6.07 Å². The zero-order valence-electron chi connectivity index (χ0n) is 9.52. The normalized spacial score (nSPS) is 11.8. The third-order valence-corrected chi connectivity index (χ3v) is 4.40. The number of hydrogen-bond donors (Lipinski definition) is 0. The minimum atomic E-state index is -1.50. The van der Waals surface area contributed by atoms with Gasteiger partial charge in [0.2, 0.25) is 0 Å². The van der Waals surface area contributed by atoms with Crippen LogP contribution in [0.3, 0.4) is 0 Å². The monoisotopic (exact) mass is 210 g/mol. The van der Waals surface area contributed by atoms with E-state index in [2.05, 4.69) is 32.6 Å². The number of halogens is 1. The van der Waals surface area contributed by atoms with Gasteiger partial charge < -0.3 is 0 Å². The zero-order valence-corrected chi connectivity index (χ0v) is 10.5. The first-order valence-electron chi connectivity index (χ1n) is 5.24. The lowest BCUT2D eigenvalue weighted by atomic mass is 10.1. The zero-order chi connectivity index (χ0) is 10.8. The molecule has 0 saturated carbocycles. The molecule has 0 aromatic heterocycles. The standard InChI is InChI=1S/C12H19FSi/c1-5-6-10-7-8-12(11(13)9-10)14(2,3)4/h7-9H,5-6H2,1-4H3. The van der Waals surface area contributed by atoms with Gasteiger partial charge in [-0.3, -0.25) is 0 Å². The fourth-order valence-corrected chi connectivity index (χ4v) is 2.98. The van der Waals surface area contributed by atoms with Crippen molar-refractivity contribution in [3.63, 3.8) is 0 Å². The van der Waals surface area contributed by atoms with E-state index in [0.29, 0.717) is 0 Å². The highest BCUT2D eigenvalue weighted by Crippen LogP contribution is 2.10. The van der Waals surface area contributed by atoms with Crippen molar-refractivity contribution < 1.29 is 4.39 Å². The fraction of sp³-hybridized carbons (Fsp3) is 0.500. The van der Waals surface area contributed by atoms with Crippen LogP contribution in [0.1, 0.15) is 18.9 Å². The molecule has 0 unspecified atom stereocenters. The SMILES string of the molecule is CCCc1ccc([Si](C)(C)C)c(F)c1. The molecule has 0 nitrogen and oxygen atoms in total. The van der Waals surface area contributed by atoms with Crippen LogP contribution in [-0.2, 0) is 6.42 Å². The Morgan fingerprint density at radius 3 is 2.29 bits per heavy atom. The summed E-state index contributed by atoms with van der Waals surface area (Å²) < 4.78 is 13.7. The van der Waals surface area contributed by atoms with Gasteiger partial charge in [-0.05, 0) is 23.2 Å². The van der Waals surface area contributed by atoms with E-state index in [-0.39, 0.29) is 5.82 Å². The minimum absolute atomic E-state index is 0.00452. The molecule has 1 aromatic rings. The van der Waals surface area contributed by atoms with Crippen LogP contribution in [0.2, 0.25) is 19.6 Å². The summed E-state index contributed by atoms with van der Waals surface area (Å²) in [5.74, 6) is -0.00452. The Balaban J connectivity index is 3.02. The molecule has 0 radical (unpaired) electrons. The third-order valence-electron chi connectivity index (χ3n) is 2.38. The van der Waals surface area contributed by atoms with E-state index in [9.17, 15) is 4.39 Å². The Morgan fingerprint density at radius 2 is 1.86 bits per heavy atom. The molecular formula is C12H19FSi. The van der Waals surface area contributed by atoms with Crippen molar-refractivity contribution in [2.45, 2.75) is 39.4 Å². The van der Waals surface area contributed by atoms with Crippen LogP contribution in [0.15, 0.2) is 18.2 Å². The Bertz CT molecular complexity index is 313. The van der Waals surface area contributed by atoms with Gasteiger partial charge in [-0.15, -0.1) is 0 Å². The molecular weight excluding hydrogens is 191 g/mol. The average molecular weight is 210 g/mol. The van der Waals surface area contributed by atoms with Gasteiger partial charge in [0.1, 0.15) is 5.82 Å². The van der Waals surface area contributed by atoms with Crippen molar-refractivity contribution in [1.29, 1.82) is 0 Å². The Hall–Kier alpha value is -0.633. The van der Waals surface area contributed by atoms with Gasteiger partial charge in [0.05, 0.1) is 8.07 Å². The predicted octanol–water partition coefficient (Wildman–Crippen LogP) is 3.32. The number of rotatable bonds is 3. The van der Waals surface area contributed by atoms with Gasteiger partial charge >= 0.3 is 0 Å². The van der Waals surface area contributed by atoms with E-state index in [1.54, 1.807) is 6.07 Å². The molecule has 0 saturated heterocycles. The van der Waals surface area contributed by atoms with Crippen LogP contribution >= 0.6 is 0 Å². The first kappa shape index (κ1) is 11.4. The third kappa shape index (κ3) is 2.68. The lowest BCUT2D eigenvalue weighted by Gasteiger charge is -2.17. The van der Waals surface area contributed by atoms with Gasteiger partial charge in [-0.1, -0.05) is 45.1 Å². The van der Waals surface area contributed by atoms with Gasteiger partial charge in [-0.25, -0.2) is 4.39 Å². The van der Waals surface area contributed by atoms with E-state index < -0.39 is 8.07 Å². The first-order valence-corrected chi connectivity index (χ1v) is 8.74. The van der Waals surface area contributed by atoms with E-state index >= 15 is 0 Å². The van der Waals surface area contributed by atoms with Gasteiger partial charge in [0.25, 0.3) is 0 Å². The van der Waals surface area contributed by atoms with Crippen molar-refractivity contribution in [3.8, 4) is 0 Å². The van der Waals surface area contributed by atoms with E-state index in [1.165, 1.54) is 0 Å². The first-order chi connectivity index (χ1) is 6.45. The largest absolute Gasteiger partial charge is 0.207 e. The smallest absolute Gasteiger partial charge is 0.122 e. The summed E-state index contributed by atoms with van der Waals surface area (Å²) in [6.07, 6.45) is 2.05. The molecule has 0 heterocycles. The molecule has 0 aliphatic heterocycles. The quantitative estimate of drug-likeness (QED) is 0.671. The second-order valence-electron chi connectivity index (χ2n) is 4.81. The molecule has 0 bridgehead atoms. The molecule has 1 rings (SSSR count). The average Bonchev–Trinajstić information content (AvgIpc) is 2.02. The molecule has 0 aliphatic rings. The fourth-order valence-electron chi connectivity index (χ4n) is 1.61.